The van der Waals surface area contributed by atoms with Gasteiger partial charge >= 0.3 is 5.97 Å². The molecule has 2 rings (SSSR count). The average Bonchev–Trinajstić information content (AvgIpc) is 3.10. The minimum Gasteiger partial charge on any atom is -0.480 e. The molecule has 1 unspecified atom stereocenters. The Hall–Kier alpha value is -1.36. The number of amides is 1. The van der Waals surface area contributed by atoms with Crippen LogP contribution in [0.1, 0.15) is 35.7 Å². The summed E-state index contributed by atoms with van der Waals surface area (Å²) in [4.78, 5) is 23.6. The first-order chi connectivity index (χ1) is 8.83. The number of benzene rings is 1. The van der Waals surface area contributed by atoms with Gasteiger partial charge in [-0.1, -0.05) is 15.9 Å². The van der Waals surface area contributed by atoms with Crippen molar-refractivity contribution in [3.63, 3.8) is 0 Å². The quantitative estimate of drug-likeness (QED) is 0.894. The number of carboxylic acid groups (broad SMARTS) is 1. The molecule has 0 heterocycles. The highest BCUT2D eigenvalue weighted by molar-refractivity contribution is 9.10. The van der Waals surface area contributed by atoms with E-state index >= 15 is 0 Å². The number of halogens is 1. The van der Waals surface area contributed by atoms with E-state index in [9.17, 15) is 14.7 Å². The molecule has 0 saturated heterocycles. The predicted octanol–water partition coefficient (Wildman–Crippen LogP) is 2.74. The molecule has 2 N–H and O–H groups in total. The third-order valence-electron chi connectivity index (χ3n) is 3.52. The smallest absolute Gasteiger partial charge is 0.329 e. The highest BCUT2D eigenvalue weighted by Crippen LogP contribution is 2.39. The molecule has 0 bridgehead atoms. The van der Waals surface area contributed by atoms with Crippen LogP contribution in [0.5, 0.6) is 0 Å². The summed E-state index contributed by atoms with van der Waals surface area (Å²) in [5.41, 5.74) is 0.246. The molecule has 19 heavy (non-hydrogen) atoms. The van der Waals surface area contributed by atoms with Gasteiger partial charge in [-0.25, -0.2) is 4.79 Å². The molecule has 0 spiro atoms. The van der Waals surface area contributed by atoms with Crippen molar-refractivity contribution in [1.82, 2.24) is 5.32 Å². The second-order valence-corrected chi connectivity index (χ2v) is 6.17. The average molecular weight is 326 g/mol. The van der Waals surface area contributed by atoms with Crippen LogP contribution in [0.15, 0.2) is 22.7 Å². The molecule has 1 atom stereocenters. The lowest BCUT2D eigenvalue weighted by molar-refractivity contribution is -0.144. The summed E-state index contributed by atoms with van der Waals surface area (Å²) in [6, 6.07) is 5.33. The van der Waals surface area contributed by atoms with Crippen molar-refractivity contribution in [3.8, 4) is 0 Å². The molecule has 1 amide bonds. The third-order valence-corrected chi connectivity index (χ3v) is 3.97. The summed E-state index contributed by atoms with van der Waals surface area (Å²) in [5, 5.41) is 12.0. The lowest BCUT2D eigenvalue weighted by Crippen LogP contribution is -2.54. The van der Waals surface area contributed by atoms with Gasteiger partial charge in [0, 0.05) is 10.0 Å². The fourth-order valence-electron chi connectivity index (χ4n) is 2.17. The molecule has 1 aromatic carbocycles. The van der Waals surface area contributed by atoms with Crippen molar-refractivity contribution in [1.29, 1.82) is 0 Å². The highest BCUT2D eigenvalue weighted by atomic mass is 79.9. The Bertz CT molecular complexity index is 519. The molecule has 102 valence electrons. The molecule has 1 aliphatic carbocycles. The number of carboxylic acids is 1. The molecule has 5 heteroatoms. The molecule has 1 fully saturated rings. The highest BCUT2D eigenvalue weighted by Gasteiger charge is 2.48. The molecule has 1 aromatic rings. The van der Waals surface area contributed by atoms with Gasteiger partial charge in [0.1, 0.15) is 5.54 Å². The molecule has 4 nitrogen and oxygen atoms in total. The Labute approximate surface area is 120 Å². The van der Waals surface area contributed by atoms with E-state index in [1.54, 1.807) is 19.1 Å². The van der Waals surface area contributed by atoms with E-state index in [2.05, 4.69) is 21.2 Å². The summed E-state index contributed by atoms with van der Waals surface area (Å²) < 4.78 is 0.807. The normalized spacial score (nSPS) is 17.6. The van der Waals surface area contributed by atoms with E-state index in [1.807, 2.05) is 13.0 Å². The van der Waals surface area contributed by atoms with Crippen LogP contribution in [0.4, 0.5) is 0 Å². The minimum atomic E-state index is -1.17. The number of nitrogens with one attached hydrogen (secondary N) is 1. The summed E-state index contributed by atoms with van der Waals surface area (Å²) in [6.07, 6.45) is 1.70. The van der Waals surface area contributed by atoms with Crippen LogP contribution in [0.3, 0.4) is 0 Å². The zero-order chi connectivity index (χ0) is 14.2. The second-order valence-electron chi connectivity index (χ2n) is 5.25. The first-order valence-corrected chi connectivity index (χ1v) is 6.95. The van der Waals surface area contributed by atoms with Gasteiger partial charge in [0.25, 0.3) is 5.91 Å². The molecular weight excluding hydrogens is 310 g/mol. The number of carbonyl (C=O) groups is 2. The number of rotatable bonds is 4. The maximum absolute atomic E-state index is 12.2. The maximum Gasteiger partial charge on any atom is 0.329 e. The standard InChI is InChI=1S/C14H16BrNO3/c1-8-5-9(7-11(15)6-8)12(17)16-14(2,13(18)19)10-3-4-10/h5-7,10H,3-4H2,1-2H3,(H,16,17)(H,18,19). The van der Waals surface area contributed by atoms with Crippen molar-refractivity contribution >= 4 is 27.8 Å². The maximum atomic E-state index is 12.2. The van der Waals surface area contributed by atoms with Crippen LogP contribution >= 0.6 is 15.9 Å². The van der Waals surface area contributed by atoms with E-state index in [0.717, 1.165) is 22.9 Å². The van der Waals surface area contributed by atoms with Crippen molar-refractivity contribution in [2.45, 2.75) is 32.2 Å². The van der Waals surface area contributed by atoms with Gasteiger partial charge in [0.2, 0.25) is 0 Å². The van der Waals surface area contributed by atoms with Crippen LogP contribution in [-0.2, 0) is 4.79 Å². The lowest BCUT2D eigenvalue weighted by Gasteiger charge is -2.26. The zero-order valence-corrected chi connectivity index (χ0v) is 12.5. The number of carbonyl (C=O) groups excluding carboxylic acids is 1. The van der Waals surface area contributed by atoms with Gasteiger partial charge in [0.05, 0.1) is 0 Å². The fourth-order valence-corrected chi connectivity index (χ4v) is 2.77. The van der Waals surface area contributed by atoms with Gasteiger partial charge in [0.15, 0.2) is 0 Å². The minimum absolute atomic E-state index is 0.0298. The molecule has 0 radical (unpaired) electrons. The number of hydrogen-bond acceptors (Lipinski definition) is 2. The van der Waals surface area contributed by atoms with E-state index < -0.39 is 11.5 Å². The van der Waals surface area contributed by atoms with Gasteiger partial charge in [-0.2, -0.15) is 0 Å². The van der Waals surface area contributed by atoms with Crippen molar-refractivity contribution in [2.75, 3.05) is 0 Å². The monoisotopic (exact) mass is 325 g/mol. The van der Waals surface area contributed by atoms with Crippen LogP contribution < -0.4 is 5.32 Å². The Kier molecular flexibility index (Phi) is 3.67. The second kappa shape index (κ2) is 4.96. The summed E-state index contributed by atoms with van der Waals surface area (Å²) in [6.45, 7) is 3.47. The Morgan fingerprint density at radius 1 is 1.37 bits per heavy atom. The number of hydrogen-bond donors (Lipinski definition) is 2. The molecule has 1 aliphatic rings. The van der Waals surface area contributed by atoms with Gasteiger partial charge in [-0.15, -0.1) is 0 Å². The summed E-state index contributed by atoms with van der Waals surface area (Å²) in [7, 11) is 0. The van der Waals surface area contributed by atoms with Crippen molar-refractivity contribution in [2.24, 2.45) is 5.92 Å². The first kappa shape index (κ1) is 14.1. The SMILES string of the molecule is Cc1cc(Br)cc(C(=O)NC(C)(C(=O)O)C2CC2)c1. The van der Waals surface area contributed by atoms with Crippen molar-refractivity contribution in [3.05, 3.63) is 33.8 Å². The topological polar surface area (TPSA) is 66.4 Å². The third kappa shape index (κ3) is 2.97. The summed E-state index contributed by atoms with van der Waals surface area (Å²) in [5.74, 6) is -1.29. The molecular formula is C14H16BrNO3. The fraction of sp³-hybridized carbons (Fsp3) is 0.429. The molecule has 0 aliphatic heterocycles. The van der Waals surface area contributed by atoms with Crippen LogP contribution in [-0.4, -0.2) is 22.5 Å². The van der Waals surface area contributed by atoms with E-state index in [0.29, 0.717) is 5.56 Å². The summed E-state index contributed by atoms with van der Waals surface area (Å²) >= 11 is 3.33. The Balaban J connectivity index is 2.22. The van der Waals surface area contributed by atoms with Gasteiger partial charge < -0.3 is 10.4 Å². The van der Waals surface area contributed by atoms with Crippen LogP contribution in [0.2, 0.25) is 0 Å². The number of aliphatic carboxylic acids is 1. The van der Waals surface area contributed by atoms with Crippen molar-refractivity contribution < 1.29 is 14.7 Å². The van der Waals surface area contributed by atoms with Crippen LogP contribution in [0, 0.1) is 12.8 Å². The Morgan fingerprint density at radius 3 is 2.47 bits per heavy atom. The number of aryl methyl sites for hydroxylation is 1. The Morgan fingerprint density at radius 2 is 2.00 bits per heavy atom. The van der Waals surface area contributed by atoms with Crippen LogP contribution in [0.25, 0.3) is 0 Å². The lowest BCUT2D eigenvalue weighted by atomic mass is 9.95. The van der Waals surface area contributed by atoms with E-state index in [-0.39, 0.29) is 11.8 Å². The van der Waals surface area contributed by atoms with E-state index in [4.69, 9.17) is 0 Å². The van der Waals surface area contributed by atoms with Gasteiger partial charge in [-0.05, 0) is 56.4 Å². The molecule has 1 saturated carbocycles. The molecule has 0 aromatic heterocycles. The van der Waals surface area contributed by atoms with Gasteiger partial charge in [-0.3, -0.25) is 4.79 Å². The largest absolute Gasteiger partial charge is 0.480 e. The zero-order valence-electron chi connectivity index (χ0n) is 10.9. The first-order valence-electron chi connectivity index (χ1n) is 6.16. The predicted molar refractivity (Wildman–Crippen MR) is 75.1 cm³/mol. The van der Waals surface area contributed by atoms with E-state index in [1.165, 1.54) is 0 Å².